The summed E-state index contributed by atoms with van der Waals surface area (Å²) in [6.45, 7) is 9.89. The molecule has 1 aromatic rings. The van der Waals surface area contributed by atoms with Crippen LogP contribution in [0.15, 0.2) is 18.2 Å². The summed E-state index contributed by atoms with van der Waals surface area (Å²) >= 11 is 0. The van der Waals surface area contributed by atoms with E-state index in [0.29, 0.717) is 5.56 Å². The molecule has 0 aliphatic rings. The summed E-state index contributed by atoms with van der Waals surface area (Å²) in [5, 5.41) is 0. The minimum atomic E-state index is -1.66. The van der Waals surface area contributed by atoms with Crippen molar-refractivity contribution >= 4 is 14.1 Å². The highest BCUT2D eigenvalue weighted by Crippen LogP contribution is 2.26. The first-order valence-corrected chi connectivity index (χ1v) is 8.51. The molecule has 0 aliphatic carbocycles. The van der Waals surface area contributed by atoms with Crippen molar-refractivity contribution in [1.82, 2.24) is 0 Å². The molecular weight excluding hydrogens is 204 g/mol. The average molecular weight is 222 g/mol. The molecule has 0 aliphatic heterocycles. The van der Waals surface area contributed by atoms with Gasteiger partial charge in [0.2, 0.25) is 8.32 Å². The molecule has 0 radical (unpaired) electrons. The second kappa shape index (κ2) is 4.19. The molecule has 1 rings (SSSR count). The summed E-state index contributed by atoms with van der Waals surface area (Å²) in [5.41, 5.74) is 1.72. The van der Waals surface area contributed by atoms with Crippen molar-refractivity contribution in [3.8, 4) is 5.75 Å². The van der Waals surface area contributed by atoms with Crippen molar-refractivity contribution in [3.63, 3.8) is 0 Å². The first-order valence-electron chi connectivity index (χ1n) is 5.11. The Morgan fingerprint density at radius 2 is 1.87 bits per heavy atom. The fourth-order valence-corrected chi connectivity index (χ4v) is 2.25. The highest BCUT2D eigenvalue weighted by molar-refractivity contribution is 6.70. The van der Waals surface area contributed by atoms with Crippen molar-refractivity contribution in [2.45, 2.75) is 33.5 Å². The Morgan fingerprint density at radius 3 is 2.33 bits per heavy atom. The number of aryl methyl sites for hydroxylation is 1. The molecule has 0 unspecified atom stereocenters. The second-order valence-electron chi connectivity index (χ2n) is 4.72. The van der Waals surface area contributed by atoms with E-state index < -0.39 is 8.32 Å². The van der Waals surface area contributed by atoms with E-state index in [1.165, 1.54) is 0 Å². The normalized spacial score (nSPS) is 11.3. The molecule has 0 atom stereocenters. The lowest BCUT2D eigenvalue weighted by atomic mass is 10.1. The van der Waals surface area contributed by atoms with E-state index in [-0.39, 0.29) is 5.78 Å². The number of carbonyl (C=O) groups excluding carboxylic acids is 1. The molecule has 2 nitrogen and oxygen atoms in total. The molecule has 82 valence electrons. The quantitative estimate of drug-likeness (QED) is 0.578. The number of Topliss-reactive ketones (excluding diaryl/α,β-unsaturated/α-hetero) is 1. The van der Waals surface area contributed by atoms with Gasteiger partial charge in [0.15, 0.2) is 5.78 Å². The Kier molecular flexibility index (Phi) is 3.34. The number of benzene rings is 1. The summed E-state index contributed by atoms with van der Waals surface area (Å²) in [6.07, 6.45) is 0. The molecule has 1 aromatic carbocycles. The monoisotopic (exact) mass is 222 g/mol. The zero-order valence-corrected chi connectivity index (χ0v) is 11.0. The Balaban J connectivity index is 3.19. The molecule has 0 heterocycles. The van der Waals surface area contributed by atoms with Crippen LogP contribution < -0.4 is 4.43 Å². The number of hydrogen-bond acceptors (Lipinski definition) is 2. The van der Waals surface area contributed by atoms with Crippen LogP contribution in [-0.4, -0.2) is 14.1 Å². The highest BCUT2D eigenvalue weighted by atomic mass is 28.4. The maximum atomic E-state index is 11.4. The standard InChI is InChI=1S/C12H18O2Si/c1-9-7-6-8-11(10(2)13)12(9)14-15(3,4)5/h6-8H,1-5H3. The van der Waals surface area contributed by atoms with Crippen LogP contribution in [0.5, 0.6) is 5.75 Å². The second-order valence-corrected chi connectivity index (χ2v) is 9.15. The van der Waals surface area contributed by atoms with Gasteiger partial charge < -0.3 is 4.43 Å². The minimum absolute atomic E-state index is 0.0620. The van der Waals surface area contributed by atoms with Crippen molar-refractivity contribution in [2.75, 3.05) is 0 Å². The third kappa shape index (κ3) is 3.20. The van der Waals surface area contributed by atoms with Gasteiger partial charge in [0.05, 0.1) is 5.56 Å². The van der Waals surface area contributed by atoms with E-state index in [0.717, 1.165) is 11.3 Å². The summed E-state index contributed by atoms with van der Waals surface area (Å²) in [7, 11) is -1.66. The molecule has 0 saturated carbocycles. The predicted octanol–water partition coefficient (Wildman–Crippen LogP) is 3.41. The third-order valence-corrected chi connectivity index (χ3v) is 2.82. The first kappa shape index (κ1) is 12.0. The summed E-state index contributed by atoms with van der Waals surface area (Å²) in [6, 6.07) is 5.69. The van der Waals surface area contributed by atoms with E-state index >= 15 is 0 Å². The number of rotatable bonds is 3. The van der Waals surface area contributed by atoms with Crippen LogP contribution in [0.4, 0.5) is 0 Å². The van der Waals surface area contributed by atoms with E-state index in [4.69, 9.17) is 4.43 Å². The topological polar surface area (TPSA) is 26.3 Å². The average Bonchev–Trinajstić information content (AvgIpc) is 2.05. The third-order valence-electron chi connectivity index (χ3n) is 2.00. The number of hydrogen-bond donors (Lipinski definition) is 0. The van der Waals surface area contributed by atoms with Gasteiger partial charge in [-0.3, -0.25) is 4.79 Å². The zero-order valence-electron chi connectivity index (χ0n) is 10.0. The molecule has 15 heavy (non-hydrogen) atoms. The van der Waals surface area contributed by atoms with E-state index in [9.17, 15) is 4.79 Å². The zero-order chi connectivity index (χ0) is 11.6. The van der Waals surface area contributed by atoms with Gasteiger partial charge in [0.1, 0.15) is 5.75 Å². The fourth-order valence-electron chi connectivity index (χ4n) is 1.37. The van der Waals surface area contributed by atoms with Crippen LogP contribution >= 0.6 is 0 Å². The smallest absolute Gasteiger partial charge is 0.242 e. The molecular formula is C12H18O2Si. The van der Waals surface area contributed by atoms with Gasteiger partial charge in [0.25, 0.3) is 0 Å². The summed E-state index contributed by atoms with van der Waals surface area (Å²) in [4.78, 5) is 11.4. The Labute approximate surface area is 92.4 Å². The van der Waals surface area contributed by atoms with Crippen molar-refractivity contribution < 1.29 is 9.22 Å². The van der Waals surface area contributed by atoms with Crippen LogP contribution in [0, 0.1) is 6.92 Å². The molecule has 0 bridgehead atoms. The Bertz CT molecular complexity index is 378. The SMILES string of the molecule is CC(=O)c1cccc(C)c1O[Si](C)(C)C. The van der Waals surface area contributed by atoms with Gasteiger partial charge in [-0.2, -0.15) is 0 Å². The largest absolute Gasteiger partial charge is 0.544 e. The van der Waals surface area contributed by atoms with Gasteiger partial charge in [-0.1, -0.05) is 12.1 Å². The number of ketones is 1. The van der Waals surface area contributed by atoms with Crippen molar-refractivity contribution in [1.29, 1.82) is 0 Å². The predicted molar refractivity (Wildman–Crippen MR) is 65.2 cm³/mol. The molecule has 0 saturated heterocycles. The van der Waals surface area contributed by atoms with Gasteiger partial charge in [-0.05, 0) is 45.1 Å². The molecule has 0 aromatic heterocycles. The van der Waals surface area contributed by atoms with Crippen molar-refractivity contribution in [3.05, 3.63) is 29.3 Å². The van der Waals surface area contributed by atoms with Crippen LogP contribution in [0.3, 0.4) is 0 Å². The van der Waals surface area contributed by atoms with E-state index in [1.807, 2.05) is 25.1 Å². The van der Waals surface area contributed by atoms with Gasteiger partial charge in [-0.25, -0.2) is 0 Å². The molecule has 0 spiro atoms. The Morgan fingerprint density at radius 1 is 1.27 bits per heavy atom. The molecule has 0 fully saturated rings. The van der Waals surface area contributed by atoms with Crippen molar-refractivity contribution in [2.24, 2.45) is 0 Å². The van der Waals surface area contributed by atoms with Gasteiger partial charge in [-0.15, -0.1) is 0 Å². The van der Waals surface area contributed by atoms with E-state index in [2.05, 4.69) is 19.6 Å². The lowest BCUT2D eigenvalue weighted by molar-refractivity contribution is 0.101. The van der Waals surface area contributed by atoms with Crippen LogP contribution in [0.1, 0.15) is 22.8 Å². The maximum absolute atomic E-state index is 11.4. The number of carbonyl (C=O) groups is 1. The van der Waals surface area contributed by atoms with Crippen LogP contribution in [0.25, 0.3) is 0 Å². The maximum Gasteiger partial charge on any atom is 0.242 e. The summed E-state index contributed by atoms with van der Waals surface area (Å²) < 4.78 is 5.94. The number of para-hydroxylation sites is 1. The first-order chi connectivity index (χ1) is 6.81. The fraction of sp³-hybridized carbons (Fsp3) is 0.417. The molecule has 0 amide bonds. The lowest BCUT2D eigenvalue weighted by Gasteiger charge is -2.22. The Hall–Kier alpha value is -1.09. The van der Waals surface area contributed by atoms with E-state index in [1.54, 1.807) is 6.92 Å². The van der Waals surface area contributed by atoms with Crippen LogP contribution in [-0.2, 0) is 0 Å². The highest BCUT2D eigenvalue weighted by Gasteiger charge is 2.20. The summed E-state index contributed by atoms with van der Waals surface area (Å²) in [5.74, 6) is 0.830. The lowest BCUT2D eigenvalue weighted by Crippen LogP contribution is -2.30. The van der Waals surface area contributed by atoms with Gasteiger partial charge >= 0.3 is 0 Å². The van der Waals surface area contributed by atoms with Gasteiger partial charge in [0, 0.05) is 0 Å². The molecule has 3 heteroatoms. The molecule has 0 N–H and O–H groups in total. The minimum Gasteiger partial charge on any atom is -0.544 e. The van der Waals surface area contributed by atoms with Crippen LogP contribution in [0.2, 0.25) is 19.6 Å².